The van der Waals surface area contributed by atoms with Gasteiger partial charge < -0.3 is 9.64 Å². The summed E-state index contributed by atoms with van der Waals surface area (Å²) in [5.41, 5.74) is 3.57. The van der Waals surface area contributed by atoms with Crippen LogP contribution in [0.4, 0.5) is 4.39 Å². The minimum Gasteiger partial charge on any atom is -0.489 e. The first-order valence-corrected chi connectivity index (χ1v) is 10.4. The maximum atomic E-state index is 13.7. The topological polar surface area (TPSA) is 47.4 Å². The lowest BCUT2D eigenvalue weighted by Gasteiger charge is -2.19. The lowest BCUT2D eigenvalue weighted by Crippen LogP contribution is -2.31. The van der Waals surface area contributed by atoms with Crippen molar-refractivity contribution < 1.29 is 13.9 Å². The first kappa shape index (κ1) is 21.3. The number of amides is 1. The van der Waals surface area contributed by atoms with Crippen LogP contribution in [0.25, 0.3) is 11.1 Å². The van der Waals surface area contributed by atoms with Crippen LogP contribution in [-0.4, -0.2) is 40.8 Å². The molecular formula is C26H24FN3O2. The van der Waals surface area contributed by atoms with E-state index in [9.17, 15) is 9.18 Å². The first-order chi connectivity index (χ1) is 15.6. The molecule has 0 unspecified atom stereocenters. The second kappa shape index (κ2) is 9.92. The van der Waals surface area contributed by atoms with E-state index in [1.54, 1.807) is 36.3 Å². The Bertz CT molecular complexity index is 1170. The summed E-state index contributed by atoms with van der Waals surface area (Å²) in [5.74, 6) is -0.342. The molecule has 0 atom stereocenters. The van der Waals surface area contributed by atoms with E-state index >= 15 is 0 Å². The van der Waals surface area contributed by atoms with Gasteiger partial charge in [-0.1, -0.05) is 54.6 Å². The molecule has 1 aromatic heterocycles. The molecule has 0 aliphatic rings. The largest absolute Gasteiger partial charge is 0.489 e. The number of nitrogens with zero attached hydrogens (tertiary/aromatic N) is 3. The van der Waals surface area contributed by atoms with Crippen molar-refractivity contribution in [2.45, 2.75) is 6.54 Å². The highest BCUT2D eigenvalue weighted by molar-refractivity contribution is 6.00. The number of carbonyl (C=O) groups is 1. The Morgan fingerprint density at radius 1 is 1.00 bits per heavy atom. The highest BCUT2D eigenvalue weighted by Crippen LogP contribution is 2.25. The third-order valence-corrected chi connectivity index (χ3v) is 5.19. The maximum Gasteiger partial charge on any atom is 0.254 e. The first-order valence-electron chi connectivity index (χ1n) is 10.4. The van der Waals surface area contributed by atoms with E-state index in [0.717, 1.165) is 16.7 Å². The average Bonchev–Trinajstić information content (AvgIpc) is 3.33. The second-order valence-electron chi connectivity index (χ2n) is 7.45. The van der Waals surface area contributed by atoms with Crippen LogP contribution in [0.15, 0.2) is 91.3 Å². The molecule has 0 saturated heterocycles. The van der Waals surface area contributed by atoms with E-state index in [0.29, 0.717) is 18.7 Å². The molecule has 0 aliphatic heterocycles. The predicted molar refractivity (Wildman–Crippen MR) is 122 cm³/mol. The summed E-state index contributed by atoms with van der Waals surface area (Å²) in [5, 5.41) is 4.23. The predicted octanol–water partition coefficient (Wildman–Crippen LogP) is 4.89. The fraction of sp³-hybridized carbons (Fsp3) is 0.154. The number of rotatable bonds is 8. The Morgan fingerprint density at radius 3 is 2.50 bits per heavy atom. The second-order valence-corrected chi connectivity index (χ2v) is 7.45. The number of ether oxygens (including phenoxy) is 1. The van der Waals surface area contributed by atoms with E-state index < -0.39 is 5.82 Å². The van der Waals surface area contributed by atoms with Crippen molar-refractivity contribution in [2.24, 2.45) is 0 Å². The normalized spacial score (nSPS) is 10.7. The number of carbonyl (C=O) groups excluding carboxylic acids is 1. The number of benzene rings is 3. The number of likely N-dealkylation sites (N-methyl/N-ethyl adjacent to an activating group) is 1. The van der Waals surface area contributed by atoms with Gasteiger partial charge in [0.2, 0.25) is 0 Å². The Labute approximate surface area is 186 Å². The van der Waals surface area contributed by atoms with Crippen molar-refractivity contribution in [3.63, 3.8) is 0 Å². The van der Waals surface area contributed by atoms with Crippen molar-refractivity contribution in [3.05, 3.63) is 108 Å². The average molecular weight is 429 g/mol. The molecule has 1 heterocycles. The molecule has 5 nitrogen and oxygen atoms in total. The van der Waals surface area contributed by atoms with E-state index in [2.05, 4.69) is 5.10 Å². The minimum atomic E-state index is -0.414. The van der Waals surface area contributed by atoms with E-state index in [-0.39, 0.29) is 18.3 Å². The molecule has 0 spiro atoms. The van der Waals surface area contributed by atoms with Gasteiger partial charge >= 0.3 is 0 Å². The van der Waals surface area contributed by atoms with Gasteiger partial charge in [0.25, 0.3) is 5.91 Å². The van der Waals surface area contributed by atoms with Gasteiger partial charge in [-0.25, -0.2) is 4.39 Å². The smallest absolute Gasteiger partial charge is 0.254 e. The summed E-state index contributed by atoms with van der Waals surface area (Å²) in [4.78, 5) is 14.7. The number of hydrogen-bond donors (Lipinski definition) is 0. The molecule has 0 N–H and O–H groups in total. The lowest BCUT2D eigenvalue weighted by atomic mass is 9.98. The number of halogens is 1. The molecule has 3 aromatic carbocycles. The zero-order valence-corrected chi connectivity index (χ0v) is 17.8. The molecule has 0 fully saturated rings. The molecule has 0 aliphatic carbocycles. The van der Waals surface area contributed by atoms with Gasteiger partial charge in [-0.2, -0.15) is 5.10 Å². The monoisotopic (exact) mass is 429 g/mol. The van der Waals surface area contributed by atoms with Gasteiger partial charge in [-0.3, -0.25) is 9.48 Å². The summed E-state index contributed by atoms with van der Waals surface area (Å²) >= 11 is 0. The highest BCUT2D eigenvalue weighted by Gasteiger charge is 2.17. The van der Waals surface area contributed by atoms with Gasteiger partial charge in [-0.05, 0) is 41.0 Å². The van der Waals surface area contributed by atoms with Crippen molar-refractivity contribution in [2.75, 3.05) is 20.2 Å². The van der Waals surface area contributed by atoms with Crippen LogP contribution in [0.1, 0.15) is 15.9 Å². The van der Waals surface area contributed by atoms with Gasteiger partial charge in [0, 0.05) is 25.0 Å². The number of hydrogen-bond acceptors (Lipinski definition) is 3. The maximum absolute atomic E-state index is 13.7. The van der Waals surface area contributed by atoms with Gasteiger partial charge in [-0.15, -0.1) is 0 Å². The van der Waals surface area contributed by atoms with Crippen molar-refractivity contribution in [1.82, 2.24) is 14.7 Å². The van der Waals surface area contributed by atoms with Crippen LogP contribution in [0.5, 0.6) is 5.75 Å². The highest BCUT2D eigenvalue weighted by atomic mass is 19.1. The number of aromatic nitrogens is 2. The summed E-state index contributed by atoms with van der Waals surface area (Å²) in [6, 6.07) is 23.8. The standard InChI is InChI=1S/C26H24FN3O2/c1-29(17-18-32-25-10-5-4-9-24(25)27)26(31)23-8-3-2-7-22(23)21-13-11-20(12-14-21)19-30-16-6-15-28-30/h2-16H,17-19H2,1H3. The molecule has 0 radical (unpaired) electrons. The zero-order chi connectivity index (χ0) is 22.3. The Hall–Kier alpha value is -3.93. The molecular weight excluding hydrogens is 405 g/mol. The van der Waals surface area contributed by atoms with Crippen LogP contribution in [0.3, 0.4) is 0 Å². The van der Waals surface area contributed by atoms with Crippen LogP contribution >= 0.6 is 0 Å². The summed E-state index contributed by atoms with van der Waals surface area (Å²) < 4.78 is 21.1. The molecule has 1 amide bonds. The summed E-state index contributed by atoms with van der Waals surface area (Å²) in [7, 11) is 1.72. The Kier molecular flexibility index (Phi) is 6.60. The SMILES string of the molecule is CN(CCOc1ccccc1F)C(=O)c1ccccc1-c1ccc(Cn2cccn2)cc1. The van der Waals surface area contributed by atoms with E-state index in [4.69, 9.17) is 4.74 Å². The fourth-order valence-corrected chi connectivity index (χ4v) is 3.45. The minimum absolute atomic E-state index is 0.113. The number of para-hydroxylation sites is 1. The van der Waals surface area contributed by atoms with E-state index in [1.165, 1.54) is 6.07 Å². The van der Waals surface area contributed by atoms with E-state index in [1.807, 2.05) is 65.5 Å². The van der Waals surface area contributed by atoms with Crippen molar-refractivity contribution in [3.8, 4) is 16.9 Å². The van der Waals surface area contributed by atoms with Gasteiger partial charge in [0.05, 0.1) is 13.1 Å². The van der Waals surface area contributed by atoms with Crippen LogP contribution in [0.2, 0.25) is 0 Å². The molecule has 4 aromatic rings. The Morgan fingerprint density at radius 2 is 1.75 bits per heavy atom. The van der Waals surface area contributed by atoms with Crippen LogP contribution in [-0.2, 0) is 6.54 Å². The molecule has 0 bridgehead atoms. The molecule has 162 valence electrons. The zero-order valence-electron chi connectivity index (χ0n) is 17.8. The van der Waals surface area contributed by atoms with Crippen LogP contribution in [0, 0.1) is 5.82 Å². The molecule has 6 heteroatoms. The lowest BCUT2D eigenvalue weighted by molar-refractivity contribution is 0.0773. The molecule has 0 saturated carbocycles. The molecule has 4 rings (SSSR count). The summed E-state index contributed by atoms with van der Waals surface area (Å²) in [6.45, 7) is 1.23. The third-order valence-electron chi connectivity index (χ3n) is 5.19. The van der Waals surface area contributed by atoms with Crippen molar-refractivity contribution in [1.29, 1.82) is 0 Å². The Balaban J connectivity index is 1.44. The third kappa shape index (κ3) is 5.03. The van der Waals surface area contributed by atoms with Gasteiger partial charge in [0.1, 0.15) is 6.61 Å². The van der Waals surface area contributed by atoms with Crippen molar-refractivity contribution >= 4 is 5.91 Å². The summed E-state index contributed by atoms with van der Waals surface area (Å²) in [6.07, 6.45) is 3.68. The van der Waals surface area contributed by atoms with Crippen LogP contribution < -0.4 is 4.74 Å². The molecule has 32 heavy (non-hydrogen) atoms. The fourth-order valence-electron chi connectivity index (χ4n) is 3.45. The quantitative estimate of drug-likeness (QED) is 0.401. The van der Waals surface area contributed by atoms with Gasteiger partial charge in [0.15, 0.2) is 11.6 Å².